The molecule has 60 heavy (non-hydrogen) atoms. The number of hydrogen-bond acceptors (Lipinski definition) is 6. The minimum Gasteiger partial charge on any atom is -0.462 e. The molecule has 1 atom stereocenters. The van der Waals surface area contributed by atoms with Crippen molar-refractivity contribution in [2.45, 2.75) is 277 Å². The van der Waals surface area contributed by atoms with Gasteiger partial charge in [-0.2, -0.15) is 0 Å². The van der Waals surface area contributed by atoms with Crippen LogP contribution in [0.3, 0.4) is 0 Å². The maximum absolute atomic E-state index is 12.8. The van der Waals surface area contributed by atoms with E-state index < -0.39 is 6.10 Å². The molecule has 0 aromatic carbocycles. The monoisotopic (exact) mass is 843 g/mol. The van der Waals surface area contributed by atoms with Gasteiger partial charge in [-0.3, -0.25) is 14.4 Å². The predicted octanol–water partition coefficient (Wildman–Crippen LogP) is 16.9. The highest BCUT2D eigenvalue weighted by Crippen LogP contribution is 2.16. The van der Waals surface area contributed by atoms with Gasteiger partial charge in [0.05, 0.1) is 0 Å². The summed E-state index contributed by atoms with van der Waals surface area (Å²) in [6.45, 7) is 6.52. The van der Waals surface area contributed by atoms with E-state index in [0.29, 0.717) is 19.3 Å². The lowest BCUT2D eigenvalue weighted by Gasteiger charge is -2.18. The molecular formula is C54H98O6. The molecule has 0 aliphatic rings. The summed E-state index contributed by atoms with van der Waals surface area (Å²) in [4.78, 5) is 37.9. The van der Waals surface area contributed by atoms with Crippen molar-refractivity contribution >= 4 is 17.9 Å². The maximum atomic E-state index is 12.8. The molecule has 0 aromatic heterocycles. The van der Waals surface area contributed by atoms with Gasteiger partial charge in [-0.25, -0.2) is 0 Å². The summed E-state index contributed by atoms with van der Waals surface area (Å²) in [7, 11) is 0. The van der Waals surface area contributed by atoms with Gasteiger partial charge in [-0.1, -0.05) is 237 Å². The van der Waals surface area contributed by atoms with E-state index >= 15 is 0 Å². The first-order valence-corrected chi connectivity index (χ1v) is 26.0. The zero-order valence-electron chi connectivity index (χ0n) is 40.0. The summed E-state index contributed by atoms with van der Waals surface area (Å²) in [5.41, 5.74) is 0. The Morgan fingerprint density at radius 3 is 1.02 bits per heavy atom. The van der Waals surface area contributed by atoms with Crippen molar-refractivity contribution in [2.75, 3.05) is 13.2 Å². The quantitative estimate of drug-likeness (QED) is 0.0263. The van der Waals surface area contributed by atoms with Crippen LogP contribution in [0.5, 0.6) is 0 Å². The van der Waals surface area contributed by atoms with E-state index in [1.807, 2.05) is 0 Å². The van der Waals surface area contributed by atoms with Crippen LogP contribution in [0.25, 0.3) is 0 Å². The second kappa shape index (κ2) is 49.3. The zero-order chi connectivity index (χ0) is 43.7. The van der Waals surface area contributed by atoms with Crippen molar-refractivity contribution in [3.05, 3.63) is 36.5 Å². The molecule has 0 saturated heterocycles. The van der Waals surface area contributed by atoms with Crippen LogP contribution >= 0.6 is 0 Å². The Morgan fingerprint density at radius 2 is 0.650 bits per heavy atom. The summed E-state index contributed by atoms with van der Waals surface area (Å²) in [5, 5.41) is 0. The summed E-state index contributed by atoms with van der Waals surface area (Å²) in [5.74, 6) is -0.890. The largest absolute Gasteiger partial charge is 0.462 e. The van der Waals surface area contributed by atoms with E-state index in [0.717, 1.165) is 89.9 Å². The SMILES string of the molecule is CC/C=C\C/C=C\C/C=C\CCCCCCC(=O)OC(COC(=O)CCCCCCCCCCCC)COC(=O)CCCCCCCCCCCCCCCCCCCC. The molecule has 0 radical (unpaired) electrons. The van der Waals surface area contributed by atoms with Crippen molar-refractivity contribution < 1.29 is 28.6 Å². The Hall–Kier alpha value is -2.37. The van der Waals surface area contributed by atoms with Gasteiger partial charge >= 0.3 is 17.9 Å². The molecule has 6 heteroatoms. The third-order valence-corrected chi connectivity index (χ3v) is 11.4. The molecule has 0 amide bonds. The molecule has 0 N–H and O–H groups in total. The number of allylic oxidation sites excluding steroid dienone is 6. The first-order valence-electron chi connectivity index (χ1n) is 26.0. The van der Waals surface area contributed by atoms with E-state index in [2.05, 4.69) is 57.2 Å². The Kier molecular flexibility index (Phi) is 47.3. The topological polar surface area (TPSA) is 78.9 Å². The molecular weight excluding hydrogens is 745 g/mol. The van der Waals surface area contributed by atoms with Crippen LogP contribution in [-0.2, 0) is 28.6 Å². The smallest absolute Gasteiger partial charge is 0.306 e. The molecule has 0 fully saturated rings. The van der Waals surface area contributed by atoms with Gasteiger partial charge in [0.15, 0.2) is 6.10 Å². The maximum Gasteiger partial charge on any atom is 0.306 e. The van der Waals surface area contributed by atoms with E-state index in [1.165, 1.54) is 141 Å². The Bertz CT molecular complexity index is 1020. The highest BCUT2D eigenvalue weighted by molar-refractivity contribution is 5.71. The van der Waals surface area contributed by atoms with E-state index in [9.17, 15) is 14.4 Å². The van der Waals surface area contributed by atoms with Gasteiger partial charge in [0.25, 0.3) is 0 Å². The summed E-state index contributed by atoms with van der Waals surface area (Å²) in [6, 6.07) is 0. The van der Waals surface area contributed by atoms with Gasteiger partial charge < -0.3 is 14.2 Å². The number of esters is 3. The van der Waals surface area contributed by atoms with Crippen LogP contribution in [0.2, 0.25) is 0 Å². The fraction of sp³-hybridized carbons (Fsp3) is 0.833. The first kappa shape index (κ1) is 57.6. The molecule has 0 aliphatic heterocycles. The minimum absolute atomic E-state index is 0.0773. The number of rotatable bonds is 47. The standard InChI is InChI=1S/C54H98O6/c1-4-7-10-13-16-19-22-24-26-27-28-29-31-32-35-38-41-44-47-53(56)59-50-51(49-58-52(55)46-43-40-37-34-21-18-15-12-9-6-3)60-54(57)48-45-42-39-36-33-30-25-23-20-17-14-11-8-5-2/h8,11,17,20,25,30,51H,4-7,9-10,12-16,18-19,21-24,26-29,31-50H2,1-3H3/b11-8-,20-17-,30-25-. The van der Waals surface area contributed by atoms with E-state index in [1.54, 1.807) is 0 Å². The molecule has 0 rings (SSSR count). The molecule has 0 heterocycles. The third-order valence-electron chi connectivity index (χ3n) is 11.4. The predicted molar refractivity (Wildman–Crippen MR) is 256 cm³/mol. The molecule has 0 spiro atoms. The molecule has 6 nitrogen and oxygen atoms in total. The molecule has 0 aromatic rings. The zero-order valence-corrected chi connectivity index (χ0v) is 40.0. The van der Waals surface area contributed by atoms with Crippen LogP contribution in [0.4, 0.5) is 0 Å². The Balaban J connectivity index is 4.31. The van der Waals surface area contributed by atoms with Crippen molar-refractivity contribution in [3.63, 3.8) is 0 Å². The van der Waals surface area contributed by atoms with Crippen LogP contribution in [0.1, 0.15) is 271 Å². The van der Waals surface area contributed by atoms with Crippen LogP contribution in [-0.4, -0.2) is 37.2 Å². The van der Waals surface area contributed by atoms with E-state index in [-0.39, 0.29) is 31.1 Å². The highest BCUT2D eigenvalue weighted by Gasteiger charge is 2.19. The summed E-state index contributed by atoms with van der Waals surface area (Å²) >= 11 is 0. The number of ether oxygens (including phenoxy) is 3. The van der Waals surface area contributed by atoms with Crippen LogP contribution in [0.15, 0.2) is 36.5 Å². The average Bonchev–Trinajstić information content (AvgIpc) is 3.24. The Labute approximate surface area is 372 Å². The number of carbonyl (C=O) groups excluding carboxylic acids is 3. The fourth-order valence-electron chi connectivity index (χ4n) is 7.52. The second-order valence-corrected chi connectivity index (χ2v) is 17.4. The minimum atomic E-state index is -0.778. The van der Waals surface area contributed by atoms with Crippen molar-refractivity contribution in [3.8, 4) is 0 Å². The molecule has 1 unspecified atom stereocenters. The lowest BCUT2D eigenvalue weighted by molar-refractivity contribution is -0.167. The van der Waals surface area contributed by atoms with E-state index in [4.69, 9.17) is 14.2 Å². The Morgan fingerprint density at radius 1 is 0.350 bits per heavy atom. The molecule has 350 valence electrons. The van der Waals surface area contributed by atoms with Crippen molar-refractivity contribution in [1.29, 1.82) is 0 Å². The number of hydrogen-bond donors (Lipinski definition) is 0. The number of unbranched alkanes of at least 4 members (excludes halogenated alkanes) is 30. The van der Waals surface area contributed by atoms with Gasteiger partial charge in [0.1, 0.15) is 13.2 Å². The van der Waals surface area contributed by atoms with Gasteiger partial charge in [0, 0.05) is 19.3 Å². The van der Waals surface area contributed by atoms with Crippen LogP contribution in [0, 0.1) is 0 Å². The fourth-order valence-corrected chi connectivity index (χ4v) is 7.52. The molecule has 0 aliphatic carbocycles. The normalized spacial score (nSPS) is 12.2. The molecule has 0 saturated carbocycles. The third kappa shape index (κ3) is 46.7. The van der Waals surface area contributed by atoms with Crippen LogP contribution < -0.4 is 0 Å². The second-order valence-electron chi connectivity index (χ2n) is 17.4. The highest BCUT2D eigenvalue weighted by atomic mass is 16.6. The van der Waals surface area contributed by atoms with Gasteiger partial charge in [-0.15, -0.1) is 0 Å². The lowest BCUT2D eigenvalue weighted by Crippen LogP contribution is -2.30. The molecule has 0 bridgehead atoms. The van der Waals surface area contributed by atoms with Crippen molar-refractivity contribution in [2.24, 2.45) is 0 Å². The number of carbonyl (C=O) groups is 3. The lowest BCUT2D eigenvalue weighted by atomic mass is 10.0. The average molecular weight is 843 g/mol. The summed E-state index contributed by atoms with van der Waals surface area (Å²) in [6.07, 6.45) is 57.0. The summed E-state index contributed by atoms with van der Waals surface area (Å²) < 4.78 is 16.8. The first-order chi connectivity index (χ1) is 29.5. The van der Waals surface area contributed by atoms with Gasteiger partial charge in [-0.05, 0) is 51.4 Å². The van der Waals surface area contributed by atoms with Gasteiger partial charge in [0.2, 0.25) is 0 Å². The van der Waals surface area contributed by atoms with Crippen molar-refractivity contribution in [1.82, 2.24) is 0 Å².